The third-order valence-corrected chi connectivity index (χ3v) is 4.74. The van der Waals surface area contributed by atoms with Crippen LogP contribution in [-0.4, -0.2) is 30.8 Å². The molecule has 0 bridgehead atoms. The molecule has 1 heterocycles. The summed E-state index contributed by atoms with van der Waals surface area (Å²) < 4.78 is 1.64. The summed E-state index contributed by atoms with van der Waals surface area (Å²) in [6.45, 7) is 1.79. The van der Waals surface area contributed by atoms with E-state index in [-0.39, 0.29) is 11.3 Å². The van der Waals surface area contributed by atoms with E-state index in [1.807, 2.05) is 24.3 Å². The molecule has 4 nitrogen and oxygen atoms in total. The molecule has 1 N–H and O–H groups in total. The molecule has 0 spiro atoms. The van der Waals surface area contributed by atoms with Gasteiger partial charge < -0.3 is 5.11 Å². The van der Waals surface area contributed by atoms with Crippen LogP contribution in [0.3, 0.4) is 0 Å². The third-order valence-electron chi connectivity index (χ3n) is 3.92. The van der Waals surface area contributed by atoms with Crippen molar-refractivity contribution in [2.24, 2.45) is 5.92 Å². The minimum absolute atomic E-state index is 0.00138. The van der Waals surface area contributed by atoms with Gasteiger partial charge in [-0.25, -0.2) is 9.67 Å². The second kappa shape index (κ2) is 5.02. The lowest BCUT2D eigenvalue weighted by Gasteiger charge is -2.34. The third kappa shape index (κ3) is 2.32. The molecule has 3 rings (SSSR count). The Balaban J connectivity index is 2.08. The lowest BCUT2D eigenvalue weighted by atomic mass is 9.86. The van der Waals surface area contributed by atoms with Crippen LogP contribution in [0.15, 0.2) is 36.9 Å². The maximum atomic E-state index is 11.0. The van der Waals surface area contributed by atoms with Crippen LogP contribution in [0.4, 0.5) is 0 Å². The van der Waals surface area contributed by atoms with Gasteiger partial charge in [0.15, 0.2) is 0 Å². The van der Waals surface area contributed by atoms with E-state index >= 15 is 0 Å². The number of aromatic nitrogens is 3. The van der Waals surface area contributed by atoms with Gasteiger partial charge in [0.2, 0.25) is 0 Å². The molecule has 0 amide bonds. The fraction of sp³-hybridized carbons (Fsp3) is 0.429. The molecule has 1 aliphatic carbocycles. The summed E-state index contributed by atoms with van der Waals surface area (Å²) in [7, 11) is 0. The molecule has 1 aliphatic rings. The Morgan fingerprint density at radius 1 is 1.45 bits per heavy atom. The van der Waals surface area contributed by atoms with E-state index in [4.69, 9.17) is 23.2 Å². The van der Waals surface area contributed by atoms with Crippen molar-refractivity contribution in [1.82, 2.24) is 14.8 Å². The number of aliphatic hydroxyl groups is 1. The van der Waals surface area contributed by atoms with Gasteiger partial charge >= 0.3 is 0 Å². The van der Waals surface area contributed by atoms with Crippen LogP contribution in [0.1, 0.15) is 24.9 Å². The van der Waals surface area contributed by atoms with Gasteiger partial charge in [-0.15, -0.1) is 11.6 Å². The van der Waals surface area contributed by atoms with Gasteiger partial charge in [0.1, 0.15) is 18.7 Å². The Hall–Kier alpha value is -1.10. The summed E-state index contributed by atoms with van der Waals surface area (Å²) in [4.78, 5) is 3.98. The number of rotatable bonds is 4. The van der Waals surface area contributed by atoms with Crippen LogP contribution >= 0.6 is 23.2 Å². The summed E-state index contributed by atoms with van der Waals surface area (Å²) in [5.74, 6) is 0.0228. The van der Waals surface area contributed by atoms with Gasteiger partial charge in [0.25, 0.3) is 0 Å². The Morgan fingerprint density at radius 3 is 2.70 bits per heavy atom. The van der Waals surface area contributed by atoms with Crippen LogP contribution in [0.25, 0.3) is 0 Å². The zero-order valence-corrected chi connectivity index (χ0v) is 12.5. The molecule has 1 aromatic heterocycles. The maximum Gasteiger partial charge on any atom is 0.137 e. The van der Waals surface area contributed by atoms with Crippen LogP contribution in [0.2, 0.25) is 5.02 Å². The minimum Gasteiger partial charge on any atom is -0.387 e. The summed E-state index contributed by atoms with van der Waals surface area (Å²) in [6, 6.07) is 7.05. The monoisotopic (exact) mass is 311 g/mol. The molecular weight excluding hydrogens is 297 g/mol. The molecule has 106 valence electrons. The summed E-state index contributed by atoms with van der Waals surface area (Å²) in [5.41, 5.74) is -0.217. The molecule has 4 unspecified atom stereocenters. The van der Waals surface area contributed by atoms with Crippen molar-refractivity contribution in [2.45, 2.75) is 30.4 Å². The van der Waals surface area contributed by atoms with Crippen molar-refractivity contribution in [3.8, 4) is 0 Å². The van der Waals surface area contributed by atoms with Gasteiger partial charge in [-0.05, 0) is 25.0 Å². The minimum atomic E-state index is -1.04. The van der Waals surface area contributed by atoms with E-state index in [1.165, 1.54) is 6.33 Å². The first kappa shape index (κ1) is 13.9. The van der Waals surface area contributed by atoms with Crippen LogP contribution in [0.5, 0.6) is 0 Å². The smallest absolute Gasteiger partial charge is 0.137 e. The van der Waals surface area contributed by atoms with E-state index in [1.54, 1.807) is 17.9 Å². The first-order valence-electron chi connectivity index (χ1n) is 6.47. The number of benzene rings is 1. The van der Waals surface area contributed by atoms with E-state index in [9.17, 15) is 5.11 Å². The largest absolute Gasteiger partial charge is 0.387 e. The zero-order valence-electron chi connectivity index (χ0n) is 10.9. The van der Waals surface area contributed by atoms with Crippen molar-refractivity contribution < 1.29 is 5.11 Å². The molecule has 0 radical (unpaired) electrons. The molecular formula is C14H15Cl2N3O. The second-order valence-corrected chi connectivity index (χ2v) is 6.35. The van der Waals surface area contributed by atoms with Crippen LogP contribution in [-0.2, 0) is 0 Å². The van der Waals surface area contributed by atoms with Gasteiger partial charge in [0, 0.05) is 16.3 Å². The Morgan fingerprint density at radius 2 is 2.15 bits per heavy atom. The van der Waals surface area contributed by atoms with Crippen LogP contribution < -0.4 is 0 Å². The van der Waals surface area contributed by atoms with Crippen molar-refractivity contribution >= 4 is 23.2 Å². The van der Waals surface area contributed by atoms with Gasteiger partial charge in [-0.2, -0.15) is 5.10 Å². The topological polar surface area (TPSA) is 50.9 Å². The summed E-state index contributed by atoms with van der Waals surface area (Å²) in [5, 5.41) is 15.8. The van der Waals surface area contributed by atoms with Crippen LogP contribution in [0, 0.1) is 5.92 Å². The lowest BCUT2D eigenvalue weighted by Crippen LogP contribution is -2.40. The highest BCUT2D eigenvalue weighted by Gasteiger charge is 2.54. The number of hydrogen-bond donors (Lipinski definition) is 1. The van der Waals surface area contributed by atoms with E-state index in [2.05, 4.69) is 10.1 Å². The van der Waals surface area contributed by atoms with Gasteiger partial charge in [-0.1, -0.05) is 29.8 Å². The van der Waals surface area contributed by atoms with Crippen molar-refractivity contribution in [2.75, 3.05) is 0 Å². The highest BCUT2D eigenvalue weighted by atomic mass is 35.5. The molecule has 2 aromatic rings. The predicted molar refractivity (Wildman–Crippen MR) is 78.0 cm³/mol. The Labute approximate surface area is 127 Å². The zero-order chi connectivity index (χ0) is 14.3. The average molecular weight is 312 g/mol. The van der Waals surface area contributed by atoms with Crippen molar-refractivity contribution in [3.63, 3.8) is 0 Å². The van der Waals surface area contributed by atoms with Gasteiger partial charge in [0.05, 0.1) is 5.60 Å². The highest BCUT2D eigenvalue weighted by Crippen LogP contribution is 2.50. The fourth-order valence-electron chi connectivity index (χ4n) is 2.74. The van der Waals surface area contributed by atoms with E-state index in [0.717, 1.165) is 12.0 Å². The van der Waals surface area contributed by atoms with Crippen molar-refractivity contribution in [1.29, 1.82) is 0 Å². The van der Waals surface area contributed by atoms with E-state index in [0.29, 0.717) is 5.02 Å². The van der Waals surface area contributed by atoms with Gasteiger partial charge in [-0.3, -0.25) is 0 Å². The molecule has 0 aliphatic heterocycles. The standard InChI is InChI=1S/C14H15Cl2N3O/c1-14(20,10-6-12(10)16)13(19-8-17-7-18-19)9-4-2-3-5-11(9)15/h2-5,7-8,10,12-13,20H,6H2,1H3. The molecule has 20 heavy (non-hydrogen) atoms. The molecule has 1 saturated carbocycles. The first-order valence-corrected chi connectivity index (χ1v) is 7.28. The fourth-order valence-corrected chi connectivity index (χ4v) is 3.43. The average Bonchev–Trinajstić information content (AvgIpc) is 2.94. The normalized spacial score (nSPS) is 26.0. The molecule has 1 fully saturated rings. The Bertz CT molecular complexity index is 600. The number of hydrogen-bond acceptors (Lipinski definition) is 3. The Kier molecular flexibility index (Phi) is 3.48. The lowest BCUT2D eigenvalue weighted by molar-refractivity contribution is -0.00494. The number of halogens is 2. The maximum absolute atomic E-state index is 11.0. The summed E-state index contributed by atoms with van der Waals surface area (Å²) >= 11 is 12.4. The quantitative estimate of drug-likeness (QED) is 0.883. The molecule has 0 saturated heterocycles. The molecule has 6 heteroatoms. The number of alkyl halides is 1. The van der Waals surface area contributed by atoms with E-state index < -0.39 is 11.6 Å². The number of nitrogens with zero attached hydrogens (tertiary/aromatic N) is 3. The highest BCUT2D eigenvalue weighted by molar-refractivity contribution is 6.31. The predicted octanol–water partition coefficient (Wildman–Crippen LogP) is 2.90. The SMILES string of the molecule is CC(O)(C1CC1Cl)C(c1ccccc1Cl)n1cncn1. The molecule has 1 aromatic carbocycles. The first-order chi connectivity index (χ1) is 9.51. The second-order valence-electron chi connectivity index (χ2n) is 5.38. The molecule has 4 atom stereocenters. The van der Waals surface area contributed by atoms with Crippen molar-refractivity contribution in [3.05, 3.63) is 47.5 Å². The summed E-state index contributed by atoms with van der Waals surface area (Å²) in [6.07, 6.45) is 3.84.